The summed E-state index contributed by atoms with van der Waals surface area (Å²) in [6.45, 7) is 0. The summed E-state index contributed by atoms with van der Waals surface area (Å²) >= 11 is 4.51. The standard InChI is InChI=1S/C8H7BrN6OS/c9-5-6(15-10)12-3-13-7(5)17-8-11-2-1-4(16)14-8/h1-3H,10H2,(H,11,14,16)(H,12,13,15). The number of aromatic amines is 1. The molecule has 7 nitrogen and oxygen atoms in total. The van der Waals surface area contributed by atoms with Crippen molar-refractivity contribution in [1.82, 2.24) is 19.9 Å². The summed E-state index contributed by atoms with van der Waals surface area (Å²) in [7, 11) is 0. The average Bonchev–Trinajstić information content (AvgIpc) is 2.32. The summed E-state index contributed by atoms with van der Waals surface area (Å²) in [6, 6.07) is 1.34. The number of hydrazine groups is 1. The quantitative estimate of drug-likeness (QED) is 0.332. The number of hydrogen-bond acceptors (Lipinski definition) is 7. The van der Waals surface area contributed by atoms with E-state index in [1.807, 2.05) is 0 Å². The maximum Gasteiger partial charge on any atom is 0.251 e. The highest BCUT2D eigenvalue weighted by Gasteiger charge is 2.10. The van der Waals surface area contributed by atoms with Crippen LogP contribution in [0.3, 0.4) is 0 Å². The van der Waals surface area contributed by atoms with Gasteiger partial charge in [0.25, 0.3) is 5.56 Å². The fourth-order valence-electron chi connectivity index (χ4n) is 1.02. The van der Waals surface area contributed by atoms with E-state index in [-0.39, 0.29) is 5.56 Å². The van der Waals surface area contributed by atoms with Gasteiger partial charge in [-0.3, -0.25) is 4.79 Å². The third-order valence-corrected chi connectivity index (χ3v) is 3.65. The highest BCUT2D eigenvalue weighted by Crippen LogP contribution is 2.32. The Balaban J connectivity index is 2.33. The second-order valence-corrected chi connectivity index (χ2v) is 4.60. The van der Waals surface area contributed by atoms with Gasteiger partial charge in [-0.05, 0) is 27.7 Å². The number of nitrogens with one attached hydrogen (secondary N) is 2. The molecule has 2 heterocycles. The zero-order chi connectivity index (χ0) is 12.3. The molecule has 0 aliphatic carbocycles. The molecule has 0 saturated heterocycles. The van der Waals surface area contributed by atoms with Gasteiger partial charge >= 0.3 is 0 Å². The predicted molar refractivity (Wildman–Crippen MR) is 66.5 cm³/mol. The zero-order valence-electron chi connectivity index (χ0n) is 8.35. The molecule has 88 valence electrons. The van der Waals surface area contributed by atoms with Crippen LogP contribution in [-0.4, -0.2) is 19.9 Å². The van der Waals surface area contributed by atoms with Crippen molar-refractivity contribution in [1.29, 1.82) is 0 Å². The van der Waals surface area contributed by atoms with Crippen LogP contribution in [-0.2, 0) is 0 Å². The predicted octanol–water partition coefficient (Wildman–Crippen LogP) is 0.759. The Kier molecular flexibility index (Phi) is 3.71. The molecule has 17 heavy (non-hydrogen) atoms. The Morgan fingerprint density at radius 3 is 2.94 bits per heavy atom. The lowest BCUT2D eigenvalue weighted by molar-refractivity contribution is 0.926. The highest BCUT2D eigenvalue weighted by atomic mass is 79.9. The van der Waals surface area contributed by atoms with Crippen molar-refractivity contribution in [3.8, 4) is 0 Å². The highest BCUT2D eigenvalue weighted by molar-refractivity contribution is 9.10. The van der Waals surface area contributed by atoms with Crippen molar-refractivity contribution < 1.29 is 0 Å². The number of H-pyrrole nitrogens is 1. The summed E-state index contributed by atoms with van der Waals surface area (Å²) in [5.41, 5.74) is 2.21. The number of anilines is 1. The van der Waals surface area contributed by atoms with Crippen LogP contribution >= 0.6 is 27.7 Å². The molecule has 2 aromatic heterocycles. The number of nitrogens with two attached hydrogens (primary N) is 1. The van der Waals surface area contributed by atoms with Crippen molar-refractivity contribution in [2.45, 2.75) is 10.2 Å². The number of hydrogen-bond donors (Lipinski definition) is 3. The number of nitrogen functional groups attached to an aromatic ring is 1. The van der Waals surface area contributed by atoms with E-state index in [0.29, 0.717) is 20.5 Å². The minimum Gasteiger partial charge on any atom is -0.307 e. The SMILES string of the molecule is NNc1ncnc(Sc2nccc(=O)[nH]2)c1Br. The summed E-state index contributed by atoms with van der Waals surface area (Å²) in [5, 5.41) is 1.04. The first-order valence-corrected chi connectivity index (χ1v) is 6.02. The molecule has 2 aromatic rings. The lowest BCUT2D eigenvalue weighted by atomic mass is 10.6. The first-order valence-electron chi connectivity index (χ1n) is 4.41. The van der Waals surface area contributed by atoms with Crippen molar-refractivity contribution in [3.05, 3.63) is 33.4 Å². The van der Waals surface area contributed by atoms with E-state index in [9.17, 15) is 4.79 Å². The molecule has 0 saturated carbocycles. The molecule has 4 N–H and O–H groups in total. The number of nitrogens with zero attached hydrogens (tertiary/aromatic N) is 3. The van der Waals surface area contributed by atoms with Gasteiger partial charge in [0, 0.05) is 12.3 Å². The molecule has 0 aliphatic heterocycles. The van der Waals surface area contributed by atoms with Crippen molar-refractivity contribution >= 4 is 33.5 Å². The Morgan fingerprint density at radius 2 is 2.24 bits per heavy atom. The largest absolute Gasteiger partial charge is 0.307 e. The van der Waals surface area contributed by atoms with E-state index in [4.69, 9.17) is 5.84 Å². The molecule has 0 bridgehead atoms. The fraction of sp³-hybridized carbons (Fsp3) is 0. The molecule has 0 aliphatic rings. The van der Waals surface area contributed by atoms with E-state index >= 15 is 0 Å². The van der Waals surface area contributed by atoms with Crippen LogP contribution in [0.15, 0.2) is 38.0 Å². The third-order valence-electron chi connectivity index (χ3n) is 1.74. The van der Waals surface area contributed by atoms with E-state index < -0.39 is 0 Å². The van der Waals surface area contributed by atoms with Crippen LogP contribution in [0.1, 0.15) is 0 Å². The number of aromatic nitrogens is 4. The Hall–Kier alpha value is -1.45. The molecule has 0 fully saturated rings. The second-order valence-electron chi connectivity index (χ2n) is 2.83. The lowest BCUT2D eigenvalue weighted by Crippen LogP contribution is -2.10. The van der Waals surface area contributed by atoms with Crippen LogP contribution < -0.4 is 16.8 Å². The molecule has 0 atom stereocenters. The van der Waals surface area contributed by atoms with Crippen LogP contribution in [0.4, 0.5) is 5.82 Å². The second kappa shape index (κ2) is 5.25. The van der Waals surface area contributed by atoms with Gasteiger partial charge < -0.3 is 10.4 Å². The van der Waals surface area contributed by atoms with Gasteiger partial charge in [-0.1, -0.05) is 0 Å². The molecule has 0 radical (unpaired) electrons. The normalized spacial score (nSPS) is 10.2. The van der Waals surface area contributed by atoms with Crippen molar-refractivity contribution in [3.63, 3.8) is 0 Å². The van der Waals surface area contributed by atoms with Crippen LogP contribution in [0, 0.1) is 0 Å². The van der Waals surface area contributed by atoms with Gasteiger partial charge in [0.1, 0.15) is 11.4 Å². The third kappa shape index (κ3) is 2.81. The molecule has 0 unspecified atom stereocenters. The Bertz CT molecular complexity index is 588. The first-order chi connectivity index (χ1) is 8.20. The van der Waals surface area contributed by atoms with E-state index in [2.05, 4.69) is 41.3 Å². The monoisotopic (exact) mass is 314 g/mol. The number of rotatable bonds is 3. The number of halogens is 1. The average molecular weight is 315 g/mol. The van der Waals surface area contributed by atoms with Crippen LogP contribution in [0.5, 0.6) is 0 Å². The summed E-state index contributed by atoms with van der Waals surface area (Å²) < 4.78 is 0.610. The molecular weight excluding hydrogens is 308 g/mol. The molecule has 2 rings (SSSR count). The van der Waals surface area contributed by atoms with Gasteiger partial charge in [0.05, 0.1) is 4.47 Å². The lowest BCUT2D eigenvalue weighted by Gasteiger charge is -2.05. The smallest absolute Gasteiger partial charge is 0.251 e. The molecule has 0 spiro atoms. The maximum absolute atomic E-state index is 11.1. The topological polar surface area (TPSA) is 110 Å². The fourth-order valence-corrected chi connectivity index (χ4v) is 2.32. The van der Waals surface area contributed by atoms with Gasteiger partial charge in [-0.2, -0.15) is 0 Å². The summed E-state index contributed by atoms with van der Waals surface area (Å²) in [5.74, 6) is 5.74. The van der Waals surface area contributed by atoms with Gasteiger partial charge in [0.2, 0.25) is 0 Å². The van der Waals surface area contributed by atoms with Crippen LogP contribution in [0.25, 0.3) is 0 Å². The van der Waals surface area contributed by atoms with Crippen molar-refractivity contribution in [2.24, 2.45) is 5.84 Å². The Morgan fingerprint density at radius 1 is 1.41 bits per heavy atom. The van der Waals surface area contributed by atoms with Crippen molar-refractivity contribution in [2.75, 3.05) is 5.43 Å². The summed E-state index contributed by atoms with van der Waals surface area (Å²) in [6.07, 6.45) is 2.79. The zero-order valence-corrected chi connectivity index (χ0v) is 10.7. The van der Waals surface area contributed by atoms with E-state index in [1.54, 1.807) is 0 Å². The van der Waals surface area contributed by atoms with E-state index in [1.165, 1.54) is 30.4 Å². The minimum atomic E-state index is -0.218. The molecular formula is C8H7BrN6OS. The van der Waals surface area contributed by atoms with Gasteiger partial charge in [-0.25, -0.2) is 20.8 Å². The maximum atomic E-state index is 11.1. The molecule has 0 aromatic carbocycles. The van der Waals surface area contributed by atoms with E-state index in [0.717, 1.165) is 0 Å². The summed E-state index contributed by atoms with van der Waals surface area (Å²) in [4.78, 5) is 25.7. The van der Waals surface area contributed by atoms with Gasteiger partial charge in [0.15, 0.2) is 11.0 Å². The first kappa shape index (κ1) is 12.0. The van der Waals surface area contributed by atoms with Crippen LogP contribution in [0.2, 0.25) is 0 Å². The molecule has 9 heteroatoms. The van der Waals surface area contributed by atoms with Gasteiger partial charge in [-0.15, -0.1) is 0 Å². The molecule has 0 amide bonds. The minimum absolute atomic E-state index is 0.218. The Labute approximate surface area is 108 Å².